The minimum Gasteiger partial charge on any atom is -0.480 e. The zero-order chi connectivity index (χ0) is 14.5. The highest BCUT2D eigenvalue weighted by molar-refractivity contribution is 5.72. The molecule has 2 rings (SSSR count). The Morgan fingerprint density at radius 1 is 1.40 bits per heavy atom. The van der Waals surface area contributed by atoms with Crippen LogP contribution in [0.2, 0.25) is 0 Å². The van der Waals surface area contributed by atoms with Crippen molar-refractivity contribution in [3.05, 3.63) is 18.0 Å². The van der Waals surface area contributed by atoms with Crippen molar-refractivity contribution < 1.29 is 15.0 Å². The van der Waals surface area contributed by atoms with Gasteiger partial charge in [0.05, 0.1) is 19.3 Å². The second kappa shape index (κ2) is 6.83. The third-order valence-electron chi connectivity index (χ3n) is 3.73. The largest absolute Gasteiger partial charge is 0.480 e. The first-order chi connectivity index (χ1) is 9.60. The van der Waals surface area contributed by atoms with E-state index >= 15 is 0 Å². The zero-order valence-corrected chi connectivity index (χ0v) is 11.8. The lowest BCUT2D eigenvalue weighted by Crippen LogP contribution is -2.51. The maximum atomic E-state index is 10.9. The summed E-state index contributed by atoms with van der Waals surface area (Å²) >= 11 is 0. The van der Waals surface area contributed by atoms with Gasteiger partial charge in [-0.15, -0.1) is 0 Å². The number of piperazine rings is 1. The summed E-state index contributed by atoms with van der Waals surface area (Å²) in [5, 5.41) is 22.0. The van der Waals surface area contributed by atoms with Crippen LogP contribution in [0, 0.1) is 0 Å². The quantitative estimate of drug-likeness (QED) is 0.730. The van der Waals surface area contributed by atoms with Crippen molar-refractivity contribution >= 4 is 5.97 Å². The molecule has 0 saturated carbocycles. The lowest BCUT2D eigenvalue weighted by atomic mass is 10.2. The number of carboxylic acids is 1. The van der Waals surface area contributed by atoms with Crippen LogP contribution in [0.5, 0.6) is 0 Å². The molecule has 2 heterocycles. The van der Waals surface area contributed by atoms with Crippen LogP contribution in [0.4, 0.5) is 0 Å². The maximum Gasteiger partial charge on any atom is 0.320 e. The first kappa shape index (κ1) is 15.0. The predicted octanol–water partition coefficient (Wildman–Crippen LogP) is -0.534. The van der Waals surface area contributed by atoms with Gasteiger partial charge in [-0.25, -0.2) is 0 Å². The Balaban J connectivity index is 1.80. The van der Waals surface area contributed by atoms with Crippen molar-refractivity contribution in [3.8, 4) is 0 Å². The Morgan fingerprint density at radius 3 is 2.70 bits per heavy atom. The van der Waals surface area contributed by atoms with E-state index in [4.69, 9.17) is 10.2 Å². The minimum atomic E-state index is -0.760. The summed E-state index contributed by atoms with van der Waals surface area (Å²) in [6, 6.07) is -0.413. The fourth-order valence-electron chi connectivity index (χ4n) is 2.44. The van der Waals surface area contributed by atoms with Crippen molar-refractivity contribution in [2.45, 2.75) is 26.1 Å². The molecule has 2 N–H and O–H groups in total. The van der Waals surface area contributed by atoms with Crippen molar-refractivity contribution in [3.63, 3.8) is 0 Å². The van der Waals surface area contributed by atoms with Crippen molar-refractivity contribution in [1.82, 2.24) is 19.6 Å². The fraction of sp³-hybridized carbons (Fsp3) is 0.692. The molecule has 1 saturated heterocycles. The number of hydrogen-bond donors (Lipinski definition) is 2. The van der Waals surface area contributed by atoms with E-state index in [1.807, 2.05) is 17.3 Å². The summed E-state index contributed by atoms with van der Waals surface area (Å²) in [5.74, 6) is -0.760. The number of aliphatic hydroxyl groups is 1. The van der Waals surface area contributed by atoms with Crippen LogP contribution in [0.3, 0.4) is 0 Å². The first-order valence-electron chi connectivity index (χ1n) is 6.91. The number of carboxylic acid groups (broad SMARTS) is 1. The molecule has 0 spiro atoms. The van der Waals surface area contributed by atoms with Crippen LogP contribution in [-0.2, 0) is 17.9 Å². The molecule has 1 aromatic heterocycles. The number of carbonyl (C=O) groups is 1. The summed E-state index contributed by atoms with van der Waals surface area (Å²) in [7, 11) is 0. The average Bonchev–Trinajstić information content (AvgIpc) is 2.86. The summed E-state index contributed by atoms with van der Waals surface area (Å²) < 4.78 is 1.73. The lowest BCUT2D eigenvalue weighted by Gasteiger charge is -2.36. The molecule has 0 bridgehead atoms. The van der Waals surface area contributed by atoms with E-state index < -0.39 is 12.0 Å². The number of rotatable bonds is 6. The summed E-state index contributed by atoms with van der Waals surface area (Å²) in [4.78, 5) is 15.2. The van der Waals surface area contributed by atoms with Crippen LogP contribution in [0.25, 0.3) is 0 Å². The molecule has 1 fully saturated rings. The van der Waals surface area contributed by atoms with Gasteiger partial charge in [-0.2, -0.15) is 5.10 Å². The Labute approximate surface area is 118 Å². The summed E-state index contributed by atoms with van der Waals surface area (Å²) in [6.07, 6.45) is 3.77. The smallest absolute Gasteiger partial charge is 0.320 e. The second-order valence-electron chi connectivity index (χ2n) is 5.16. The Hall–Kier alpha value is -1.44. The molecule has 0 aromatic carbocycles. The Bertz CT molecular complexity index is 441. The van der Waals surface area contributed by atoms with E-state index in [9.17, 15) is 4.79 Å². The van der Waals surface area contributed by atoms with E-state index in [2.05, 4.69) is 10.00 Å². The van der Waals surface area contributed by atoms with Gasteiger partial charge in [0, 0.05) is 44.5 Å². The Kier molecular flexibility index (Phi) is 5.11. The lowest BCUT2D eigenvalue weighted by molar-refractivity contribution is -0.143. The second-order valence-corrected chi connectivity index (χ2v) is 5.16. The molecule has 0 radical (unpaired) electrons. The number of aliphatic carboxylic acids is 1. The zero-order valence-electron chi connectivity index (χ0n) is 11.8. The third-order valence-corrected chi connectivity index (χ3v) is 3.73. The fourth-order valence-corrected chi connectivity index (χ4v) is 2.44. The van der Waals surface area contributed by atoms with E-state index in [1.165, 1.54) is 0 Å². The van der Waals surface area contributed by atoms with E-state index in [0.29, 0.717) is 6.54 Å². The molecule has 1 aromatic rings. The maximum absolute atomic E-state index is 10.9. The molecule has 1 unspecified atom stereocenters. The monoisotopic (exact) mass is 282 g/mol. The highest BCUT2D eigenvalue weighted by Gasteiger charge is 2.25. The molecule has 112 valence electrons. The minimum absolute atomic E-state index is 0.0901. The van der Waals surface area contributed by atoms with Crippen LogP contribution >= 0.6 is 0 Å². The van der Waals surface area contributed by atoms with Crippen molar-refractivity contribution in [1.29, 1.82) is 0 Å². The van der Waals surface area contributed by atoms with E-state index in [0.717, 1.165) is 38.3 Å². The molecule has 7 heteroatoms. The van der Waals surface area contributed by atoms with Gasteiger partial charge in [-0.1, -0.05) is 0 Å². The van der Waals surface area contributed by atoms with E-state index in [1.54, 1.807) is 11.6 Å². The first-order valence-corrected chi connectivity index (χ1v) is 6.91. The number of aliphatic hydroxyl groups excluding tert-OH is 1. The molecular formula is C13H22N4O3. The van der Waals surface area contributed by atoms with Gasteiger partial charge < -0.3 is 10.2 Å². The number of hydrogen-bond acceptors (Lipinski definition) is 5. The third kappa shape index (κ3) is 3.78. The normalized spacial score (nSPS) is 19.1. The van der Waals surface area contributed by atoms with Gasteiger partial charge in [0.1, 0.15) is 6.04 Å². The summed E-state index contributed by atoms with van der Waals surface area (Å²) in [6.45, 7) is 6.44. The van der Waals surface area contributed by atoms with E-state index in [-0.39, 0.29) is 6.61 Å². The highest BCUT2D eigenvalue weighted by Crippen LogP contribution is 2.10. The van der Waals surface area contributed by atoms with Gasteiger partial charge in [0.2, 0.25) is 0 Å². The average molecular weight is 282 g/mol. The number of nitrogens with zero attached hydrogens (tertiary/aromatic N) is 4. The molecule has 1 atom stereocenters. The van der Waals surface area contributed by atoms with Gasteiger partial charge >= 0.3 is 5.97 Å². The molecule has 20 heavy (non-hydrogen) atoms. The van der Waals surface area contributed by atoms with Gasteiger partial charge in [0.25, 0.3) is 0 Å². The van der Waals surface area contributed by atoms with Crippen LogP contribution in [-0.4, -0.2) is 74.6 Å². The molecule has 0 aliphatic carbocycles. The standard InChI is InChI=1S/C13H22N4O3/c1-11(13(19)20)16-4-2-15(3-5-16)9-12-8-14-17(10-12)6-7-18/h8,10-11,18H,2-7,9H2,1H3,(H,19,20). The van der Waals surface area contributed by atoms with Crippen LogP contribution in [0.15, 0.2) is 12.4 Å². The summed E-state index contributed by atoms with van der Waals surface area (Å²) in [5.41, 5.74) is 1.12. The van der Waals surface area contributed by atoms with Gasteiger partial charge in [-0.3, -0.25) is 19.3 Å². The molecule has 1 aliphatic rings. The highest BCUT2D eigenvalue weighted by atomic mass is 16.4. The molecule has 1 aliphatic heterocycles. The van der Waals surface area contributed by atoms with Crippen molar-refractivity contribution in [2.75, 3.05) is 32.8 Å². The van der Waals surface area contributed by atoms with Gasteiger partial charge in [0.15, 0.2) is 0 Å². The molecule has 7 nitrogen and oxygen atoms in total. The topological polar surface area (TPSA) is 81.8 Å². The van der Waals surface area contributed by atoms with Gasteiger partial charge in [-0.05, 0) is 6.92 Å². The SMILES string of the molecule is CC(C(=O)O)N1CCN(Cc2cnn(CCO)c2)CC1. The molecular weight excluding hydrogens is 260 g/mol. The van der Waals surface area contributed by atoms with Crippen LogP contribution < -0.4 is 0 Å². The Morgan fingerprint density at radius 2 is 2.10 bits per heavy atom. The van der Waals surface area contributed by atoms with Crippen molar-refractivity contribution in [2.24, 2.45) is 0 Å². The predicted molar refractivity (Wildman–Crippen MR) is 73.3 cm³/mol. The molecule has 0 amide bonds. The number of aromatic nitrogens is 2. The van der Waals surface area contributed by atoms with Crippen LogP contribution in [0.1, 0.15) is 12.5 Å².